The van der Waals surface area contributed by atoms with Crippen molar-refractivity contribution in [1.82, 2.24) is 0 Å². The van der Waals surface area contributed by atoms with Crippen molar-refractivity contribution in [1.29, 1.82) is 0 Å². The molecule has 0 aliphatic rings. The summed E-state index contributed by atoms with van der Waals surface area (Å²) in [5, 5.41) is 1.94. The van der Waals surface area contributed by atoms with E-state index in [9.17, 15) is 22.0 Å². The highest BCUT2D eigenvalue weighted by Gasteiger charge is 2.34. The van der Waals surface area contributed by atoms with Crippen LogP contribution in [0.5, 0.6) is 0 Å². The monoisotopic (exact) mass is 322 g/mol. The van der Waals surface area contributed by atoms with Gasteiger partial charge in [0.05, 0.1) is 11.3 Å². The van der Waals surface area contributed by atoms with Gasteiger partial charge in [-0.1, -0.05) is 11.6 Å². The molecule has 0 fully saturated rings. The predicted molar refractivity (Wildman–Crippen MR) is 70.5 cm³/mol. The summed E-state index contributed by atoms with van der Waals surface area (Å²) in [5.41, 5.74) is 2.68. The molecule has 3 N–H and O–H groups in total. The largest absolute Gasteiger partial charge is 0.418 e. The second-order valence-electron chi connectivity index (χ2n) is 4.17. The Labute approximate surface area is 121 Å². The fourth-order valence-electron chi connectivity index (χ4n) is 1.71. The lowest BCUT2D eigenvalue weighted by Crippen LogP contribution is -2.10. The average molecular weight is 323 g/mol. The first kappa shape index (κ1) is 15.4. The van der Waals surface area contributed by atoms with Crippen LogP contribution in [0.4, 0.5) is 39.0 Å². The van der Waals surface area contributed by atoms with Crippen molar-refractivity contribution >= 4 is 28.7 Å². The minimum atomic E-state index is -4.73. The predicted octanol–water partition coefficient (Wildman–Crippen LogP) is 4.96. The van der Waals surface area contributed by atoms with Crippen molar-refractivity contribution in [2.24, 2.45) is 0 Å². The summed E-state index contributed by atoms with van der Waals surface area (Å²) in [6.07, 6.45) is -4.73. The Kier molecular flexibility index (Phi) is 3.95. The maximum atomic E-state index is 13.6. The van der Waals surface area contributed by atoms with Gasteiger partial charge in [-0.25, -0.2) is 8.78 Å². The summed E-state index contributed by atoms with van der Waals surface area (Å²) >= 11 is 5.52. The Morgan fingerprint density at radius 3 is 2.10 bits per heavy atom. The van der Waals surface area contributed by atoms with Crippen LogP contribution >= 0.6 is 11.6 Å². The van der Waals surface area contributed by atoms with Gasteiger partial charge in [-0.3, -0.25) is 0 Å². The highest BCUT2D eigenvalue weighted by molar-refractivity contribution is 6.30. The molecule has 2 rings (SSSR count). The lowest BCUT2D eigenvalue weighted by Gasteiger charge is -2.16. The van der Waals surface area contributed by atoms with Crippen molar-refractivity contribution in [3.63, 3.8) is 0 Å². The van der Waals surface area contributed by atoms with Gasteiger partial charge in [0.1, 0.15) is 5.69 Å². The van der Waals surface area contributed by atoms with E-state index in [-0.39, 0.29) is 10.7 Å². The molecule has 2 aromatic carbocycles. The topological polar surface area (TPSA) is 38.0 Å². The number of nitrogens with two attached hydrogens (primary N) is 1. The number of hydrogen-bond donors (Lipinski definition) is 2. The number of anilines is 3. The Bertz CT molecular complexity index is 662. The number of nitrogen functional groups attached to an aromatic ring is 1. The normalized spacial score (nSPS) is 11.5. The Morgan fingerprint density at radius 1 is 1.00 bits per heavy atom. The van der Waals surface area contributed by atoms with E-state index < -0.39 is 34.7 Å². The summed E-state index contributed by atoms with van der Waals surface area (Å²) in [5.74, 6) is -2.20. The van der Waals surface area contributed by atoms with Crippen LogP contribution in [0.15, 0.2) is 30.3 Å². The zero-order valence-electron chi connectivity index (χ0n) is 10.2. The molecule has 0 bridgehead atoms. The molecule has 0 aliphatic carbocycles. The summed E-state index contributed by atoms with van der Waals surface area (Å²) in [7, 11) is 0. The number of nitrogens with one attached hydrogen (secondary N) is 1. The summed E-state index contributed by atoms with van der Waals surface area (Å²) in [6, 6.07) is 4.42. The maximum absolute atomic E-state index is 13.6. The fraction of sp³-hybridized carbons (Fsp3) is 0.0769. The van der Waals surface area contributed by atoms with Crippen molar-refractivity contribution < 1.29 is 22.0 Å². The van der Waals surface area contributed by atoms with Gasteiger partial charge in [0, 0.05) is 10.7 Å². The van der Waals surface area contributed by atoms with E-state index in [1.165, 1.54) is 6.07 Å². The van der Waals surface area contributed by atoms with Gasteiger partial charge in [-0.05, 0) is 30.3 Å². The molecule has 0 radical (unpaired) electrons. The average Bonchev–Trinajstić information content (AvgIpc) is 2.34. The third-order valence-electron chi connectivity index (χ3n) is 2.61. The van der Waals surface area contributed by atoms with Crippen LogP contribution in [0, 0.1) is 11.6 Å². The highest BCUT2D eigenvalue weighted by atomic mass is 35.5. The lowest BCUT2D eigenvalue weighted by atomic mass is 10.1. The molecular weight excluding hydrogens is 315 g/mol. The van der Waals surface area contributed by atoms with Crippen molar-refractivity contribution in [3.05, 3.63) is 52.6 Å². The molecule has 8 heteroatoms. The summed E-state index contributed by atoms with van der Waals surface area (Å²) < 4.78 is 65.9. The van der Waals surface area contributed by atoms with E-state index in [0.29, 0.717) is 6.07 Å². The zero-order valence-corrected chi connectivity index (χ0v) is 11.0. The van der Waals surface area contributed by atoms with Crippen LogP contribution in [0.1, 0.15) is 5.56 Å². The molecule has 21 heavy (non-hydrogen) atoms. The molecule has 112 valence electrons. The smallest absolute Gasteiger partial charge is 0.399 e. The van der Waals surface area contributed by atoms with Crippen LogP contribution in [0.3, 0.4) is 0 Å². The number of alkyl halides is 3. The first-order chi connectivity index (χ1) is 9.68. The molecule has 0 saturated heterocycles. The van der Waals surface area contributed by atoms with Crippen LogP contribution in [0.25, 0.3) is 0 Å². The molecular formula is C13H8ClF5N2. The van der Waals surface area contributed by atoms with Crippen LogP contribution < -0.4 is 11.1 Å². The zero-order chi connectivity index (χ0) is 15.8. The molecule has 0 saturated carbocycles. The van der Waals surface area contributed by atoms with Crippen LogP contribution in [0.2, 0.25) is 5.02 Å². The minimum absolute atomic E-state index is 0.147. The molecule has 0 amide bonds. The number of rotatable bonds is 2. The Morgan fingerprint density at radius 2 is 1.57 bits per heavy atom. The third-order valence-corrected chi connectivity index (χ3v) is 2.85. The van der Waals surface area contributed by atoms with Gasteiger partial charge >= 0.3 is 6.18 Å². The molecule has 2 nitrogen and oxygen atoms in total. The maximum Gasteiger partial charge on any atom is 0.418 e. The van der Waals surface area contributed by atoms with E-state index in [4.69, 9.17) is 17.3 Å². The van der Waals surface area contributed by atoms with Gasteiger partial charge in [0.2, 0.25) is 0 Å². The van der Waals surface area contributed by atoms with Gasteiger partial charge in [-0.15, -0.1) is 0 Å². The van der Waals surface area contributed by atoms with Crippen LogP contribution in [-0.4, -0.2) is 0 Å². The van der Waals surface area contributed by atoms with Gasteiger partial charge in [0.25, 0.3) is 0 Å². The van der Waals surface area contributed by atoms with E-state index in [2.05, 4.69) is 5.32 Å². The standard InChI is InChI=1S/C13H8ClF5N2/c14-6-1-2-11(8(3-6)13(17,18)19)21-12-9(15)4-7(20)5-10(12)16/h1-5,21H,20H2. The van der Waals surface area contributed by atoms with Gasteiger partial charge < -0.3 is 11.1 Å². The molecule has 2 aromatic rings. The summed E-state index contributed by atoms with van der Waals surface area (Å²) in [6.45, 7) is 0. The highest BCUT2D eigenvalue weighted by Crippen LogP contribution is 2.38. The minimum Gasteiger partial charge on any atom is -0.399 e. The fourth-order valence-corrected chi connectivity index (χ4v) is 1.88. The van der Waals surface area contributed by atoms with Crippen molar-refractivity contribution in [3.8, 4) is 0 Å². The second kappa shape index (κ2) is 5.40. The summed E-state index contributed by atoms with van der Waals surface area (Å²) in [4.78, 5) is 0. The number of hydrogen-bond acceptors (Lipinski definition) is 2. The van der Waals surface area contributed by atoms with Gasteiger partial charge in [0.15, 0.2) is 11.6 Å². The first-order valence-corrected chi connectivity index (χ1v) is 5.94. The molecule has 0 aromatic heterocycles. The molecule has 0 spiro atoms. The first-order valence-electron chi connectivity index (χ1n) is 5.57. The van der Waals surface area contributed by atoms with Crippen molar-refractivity contribution in [2.75, 3.05) is 11.1 Å². The van der Waals surface area contributed by atoms with E-state index in [0.717, 1.165) is 18.2 Å². The molecule has 0 unspecified atom stereocenters. The lowest BCUT2D eigenvalue weighted by molar-refractivity contribution is -0.136. The number of benzene rings is 2. The van der Waals surface area contributed by atoms with E-state index in [1.807, 2.05) is 0 Å². The van der Waals surface area contributed by atoms with Crippen molar-refractivity contribution in [2.45, 2.75) is 6.18 Å². The Hall–Kier alpha value is -2.02. The van der Waals surface area contributed by atoms with E-state index in [1.54, 1.807) is 0 Å². The van der Waals surface area contributed by atoms with E-state index >= 15 is 0 Å². The molecule has 0 atom stereocenters. The Balaban J connectivity index is 2.50. The second-order valence-corrected chi connectivity index (χ2v) is 4.61. The SMILES string of the molecule is Nc1cc(F)c(Nc2ccc(Cl)cc2C(F)(F)F)c(F)c1. The van der Waals surface area contributed by atoms with Gasteiger partial charge in [-0.2, -0.15) is 13.2 Å². The number of halogens is 6. The third kappa shape index (κ3) is 3.36. The molecule has 0 aliphatic heterocycles. The molecule has 0 heterocycles. The quantitative estimate of drug-likeness (QED) is 0.605. The van der Waals surface area contributed by atoms with Crippen LogP contribution in [-0.2, 0) is 6.18 Å².